The molecule has 1 saturated carbocycles. The van der Waals surface area contributed by atoms with Crippen LogP contribution in [0.3, 0.4) is 0 Å². The first-order chi connectivity index (χ1) is 16.6. The second-order valence-electron chi connectivity index (χ2n) is 9.67. The van der Waals surface area contributed by atoms with Crippen molar-refractivity contribution in [2.45, 2.75) is 64.2 Å². The number of rotatable bonds is 6. The third-order valence-electron chi connectivity index (χ3n) is 7.47. The molecule has 8 heteroatoms. The van der Waals surface area contributed by atoms with Crippen molar-refractivity contribution in [3.8, 4) is 0 Å². The van der Waals surface area contributed by atoms with Gasteiger partial charge in [0.2, 0.25) is 0 Å². The Morgan fingerprint density at radius 2 is 1.91 bits per heavy atom. The van der Waals surface area contributed by atoms with Gasteiger partial charge in [-0.2, -0.15) is 0 Å². The van der Waals surface area contributed by atoms with Crippen LogP contribution in [-0.4, -0.2) is 47.2 Å². The molecule has 2 aliphatic rings. The molecule has 1 aliphatic carbocycles. The van der Waals surface area contributed by atoms with Gasteiger partial charge >= 0.3 is 0 Å². The van der Waals surface area contributed by atoms with Crippen LogP contribution < -0.4 is 4.90 Å². The van der Waals surface area contributed by atoms with Gasteiger partial charge in [0.25, 0.3) is 0 Å². The molecule has 1 atom stereocenters. The molecular weight excluding hydrogens is 435 g/mol. The molecule has 1 N–H and O–H groups in total. The average molecular weight is 469 g/mol. The van der Waals surface area contributed by atoms with Crippen LogP contribution in [0.5, 0.6) is 0 Å². The number of morpholine rings is 1. The molecule has 0 amide bonds. The van der Waals surface area contributed by atoms with E-state index in [1.807, 2.05) is 17.0 Å². The molecule has 34 heavy (non-hydrogen) atoms. The maximum atomic E-state index is 15.6. The van der Waals surface area contributed by atoms with E-state index in [2.05, 4.69) is 10.1 Å². The number of ether oxygens (including phenoxy) is 1. The smallest absolute Gasteiger partial charge is 0.174 e. The molecule has 1 saturated heterocycles. The molecular formula is C26H33FN4O3. The summed E-state index contributed by atoms with van der Waals surface area (Å²) in [5, 5.41) is 3.88. The maximum Gasteiger partial charge on any atom is 0.174 e. The van der Waals surface area contributed by atoms with Crippen LogP contribution in [0, 0.1) is 18.7 Å². The molecule has 0 spiro atoms. The normalized spacial score (nSPS) is 19.2. The molecule has 1 aliphatic heterocycles. The number of hydrogen-bond acceptors (Lipinski definition) is 6. The van der Waals surface area contributed by atoms with Crippen LogP contribution >= 0.6 is 0 Å². The van der Waals surface area contributed by atoms with Gasteiger partial charge in [-0.05, 0) is 37.8 Å². The van der Waals surface area contributed by atoms with Crippen LogP contribution in [0.15, 0.2) is 22.9 Å². The van der Waals surface area contributed by atoms with Crippen molar-refractivity contribution in [2.75, 3.05) is 31.2 Å². The van der Waals surface area contributed by atoms with E-state index in [4.69, 9.17) is 14.2 Å². The van der Waals surface area contributed by atoms with Gasteiger partial charge in [0, 0.05) is 25.4 Å². The van der Waals surface area contributed by atoms with Crippen LogP contribution in [0.4, 0.5) is 10.1 Å². The topological polar surface area (TPSA) is 84.2 Å². The van der Waals surface area contributed by atoms with Crippen molar-refractivity contribution in [1.82, 2.24) is 15.1 Å². The van der Waals surface area contributed by atoms with Gasteiger partial charge in [0.05, 0.1) is 35.7 Å². The molecule has 3 heterocycles. The van der Waals surface area contributed by atoms with Gasteiger partial charge in [0.15, 0.2) is 11.6 Å². The SMILES string of the molecule is Cc1nocc1C(=O)CC(c1nc2c(F)c(N3CCOCC3)ccc2[nH]1)C1CCCCCCC1. The summed E-state index contributed by atoms with van der Waals surface area (Å²) in [6.07, 6.45) is 9.87. The number of benzene rings is 1. The summed E-state index contributed by atoms with van der Waals surface area (Å²) in [6.45, 7) is 4.30. The van der Waals surface area contributed by atoms with E-state index >= 15 is 4.39 Å². The minimum absolute atomic E-state index is 0.000688. The molecule has 1 aromatic carbocycles. The first-order valence-corrected chi connectivity index (χ1v) is 12.6. The molecule has 2 fully saturated rings. The first kappa shape index (κ1) is 23.0. The van der Waals surface area contributed by atoms with Crippen molar-refractivity contribution < 1.29 is 18.4 Å². The number of nitrogens with one attached hydrogen (secondary N) is 1. The van der Waals surface area contributed by atoms with Crippen molar-refractivity contribution in [3.05, 3.63) is 41.3 Å². The van der Waals surface area contributed by atoms with E-state index in [1.165, 1.54) is 25.5 Å². The fraction of sp³-hybridized carbons (Fsp3) is 0.577. The zero-order chi connectivity index (χ0) is 23.5. The molecule has 0 bridgehead atoms. The summed E-state index contributed by atoms with van der Waals surface area (Å²) in [4.78, 5) is 23.4. The van der Waals surface area contributed by atoms with Crippen molar-refractivity contribution in [1.29, 1.82) is 0 Å². The van der Waals surface area contributed by atoms with E-state index in [0.29, 0.717) is 72.4 Å². The predicted molar refractivity (Wildman–Crippen MR) is 128 cm³/mol. The third kappa shape index (κ3) is 4.73. The quantitative estimate of drug-likeness (QED) is 0.478. The van der Waals surface area contributed by atoms with Crippen molar-refractivity contribution in [2.24, 2.45) is 5.92 Å². The zero-order valence-electron chi connectivity index (χ0n) is 19.8. The number of ketones is 1. The number of carbonyl (C=O) groups is 1. The van der Waals surface area contributed by atoms with E-state index in [0.717, 1.165) is 25.7 Å². The number of imidazole rings is 1. The molecule has 182 valence electrons. The van der Waals surface area contributed by atoms with E-state index in [1.54, 1.807) is 6.92 Å². The number of nitrogens with zero attached hydrogens (tertiary/aromatic N) is 3. The van der Waals surface area contributed by atoms with Crippen LogP contribution in [-0.2, 0) is 4.74 Å². The molecule has 5 rings (SSSR count). The Morgan fingerprint density at radius 3 is 2.62 bits per heavy atom. The zero-order valence-corrected chi connectivity index (χ0v) is 19.8. The fourth-order valence-corrected chi connectivity index (χ4v) is 5.52. The molecule has 1 unspecified atom stereocenters. The highest BCUT2D eigenvalue weighted by Crippen LogP contribution is 2.38. The number of hydrogen-bond donors (Lipinski definition) is 1. The van der Waals surface area contributed by atoms with Gasteiger partial charge in [-0.1, -0.05) is 37.3 Å². The lowest BCUT2D eigenvalue weighted by atomic mass is 9.78. The number of anilines is 1. The highest BCUT2D eigenvalue weighted by molar-refractivity contribution is 5.97. The molecule has 7 nitrogen and oxygen atoms in total. The fourth-order valence-electron chi connectivity index (χ4n) is 5.52. The number of H-pyrrole nitrogens is 1. The summed E-state index contributed by atoms with van der Waals surface area (Å²) in [6, 6.07) is 3.72. The number of aromatic nitrogens is 3. The summed E-state index contributed by atoms with van der Waals surface area (Å²) >= 11 is 0. The number of aryl methyl sites for hydroxylation is 1. The Labute approximate surface area is 199 Å². The van der Waals surface area contributed by atoms with Crippen LogP contribution in [0.25, 0.3) is 11.0 Å². The van der Waals surface area contributed by atoms with Gasteiger partial charge in [-0.3, -0.25) is 4.79 Å². The Bertz CT molecular complexity index is 1130. The van der Waals surface area contributed by atoms with Crippen LogP contribution in [0.1, 0.15) is 79.2 Å². The Morgan fingerprint density at radius 1 is 1.18 bits per heavy atom. The predicted octanol–water partition coefficient (Wildman–Crippen LogP) is 5.55. The van der Waals surface area contributed by atoms with E-state index < -0.39 is 0 Å². The maximum absolute atomic E-state index is 15.6. The van der Waals surface area contributed by atoms with Gasteiger partial charge < -0.3 is 19.1 Å². The summed E-state index contributed by atoms with van der Waals surface area (Å²) in [5.41, 5.74) is 2.71. The second kappa shape index (κ2) is 10.3. The third-order valence-corrected chi connectivity index (χ3v) is 7.47. The van der Waals surface area contributed by atoms with Crippen LogP contribution in [0.2, 0.25) is 0 Å². The molecule has 0 radical (unpaired) electrons. The number of aromatic amines is 1. The molecule has 3 aromatic rings. The highest BCUT2D eigenvalue weighted by atomic mass is 19.1. The second-order valence-corrected chi connectivity index (χ2v) is 9.67. The van der Waals surface area contributed by atoms with Gasteiger partial charge in [-0.15, -0.1) is 0 Å². The highest BCUT2D eigenvalue weighted by Gasteiger charge is 2.31. The number of carbonyl (C=O) groups excluding carboxylic acids is 1. The van der Waals surface area contributed by atoms with Crippen molar-refractivity contribution >= 4 is 22.5 Å². The first-order valence-electron chi connectivity index (χ1n) is 12.6. The molecule has 2 aromatic heterocycles. The number of Topliss-reactive ketones (excluding diaryl/α,β-unsaturated/α-hetero) is 1. The van der Waals surface area contributed by atoms with Gasteiger partial charge in [0.1, 0.15) is 17.6 Å². The lowest BCUT2D eigenvalue weighted by Crippen LogP contribution is -2.36. The Hall–Kier alpha value is -2.74. The standard InChI is InChI=1S/C26H33FN4O3/c1-17-20(16-34-30-17)23(32)15-19(18-7-5-3-2-4-6-8-18)26-28-21-9-10-22(24(27)25(21)29-26)31-11-13-33-14-12-31/h9-10,16,18-19H,2-8,11-15H2,1H3,(H,28,29). The Kier molecular flexibility index (Phi) is 6.94. The minimum Gasteiger partial charge on any atom is -0.378 e. The average Bonchev–Trinajstić information content (AvgIpc) is 3.45. The minimum atomic E-state index is -0.306. The van der Waals surface area contributed by atoms with E-state index in [9.17, 15) is 4.79 Å². The Balaban J connectivity index is 1.49. The summed E-state index contributed by atoms with van der Waals surface area (Å²) in [7, 11) is 0. The number of halogens is 1. The largest absolute Gasteiger partial charge is 0.378 e. The van der Waals surface area contributed by atoms with E-state index in [-0.39, 0.29) is 17.5 Å². The summed E-state index contributed by atoms with van der Waals surface area (Å²) < 4.78 is 26.0. The summed E-state index contributed by atoms with van der Waals surface area (Å²) in [5.74, 6) is 0.631. The lowest BCUT2D eigenvalue weighted by molar-refractivity contribution is 0.0956. The number of fused-ring (bicyclic) bond motifs is 1. The van der Waals surface area contributed by atoms with Gasteiger partial charge in [-0.25, -0.2) is 9.37 Å². The monoisotopic (exact) mass is 468 g/mol. The van der Waals surface area contributed by atoms with Crippen molar-refractivity contribution in [3.63, 3.8) is 0 Å². The lowest BCUT2D eigenvalue weighted by Gasteiger charge is -2.29.